The Kier molecular flexibility index (Phi) is 5.52. The van der Waals surface area contributed by atoms with Gasteiger partial charge in [-0.3, -0.25) is 8.98 Å². The molecule has 0 amide bonds. The van der Waals surface area contributed by atoms with Crippen LogP contribution in [0.15, 0.2) is 59.5 Å². The van der Waals surface area contributed by atoms with Gasteiger partial charge in [0.05, 0.1) is 17.4 Å². The monoisotopic (exact) mass is 334 g/mol. The minimum absolute atomic E-state index is 0.0203. The minimum Gasteiger partial charge on any atom is -0.481 e. The Morgan fingerprint density at radius 1 is 1.09 bits per heavy atom. The highest BCUT2D eigenvalue weighted by atomic mass is 32.2. The maximum Gasteiger partial charge on any atom is 0.309 e. The van der Waals surface area contributed by atoms with E-state index in [0.29, 0.717) is 0 Å². The van der Waals surface area contributed by atoms with Crippen molar-refractivity contribution in [1.82, 2.24) is 0 Å². The zero-order valence-electron chi connectivity index (χ0n) is 12.7. The molecular formula is C17H18O5S. The zero-order chi connectivity index (χ0) is 16.9. The molecule has 23 heavy (non-hydrogen) atoms. The molecule has 1 unspecified atom stereocenters. The Morgan fingerprint density at radius 2 is 1.70 bits per heavy atom. The van der Waals surface area contributed by atoms with E-state index in [9.17, 15) is 18.3 Å². The highest BCUT2D eigenvalue weighted by Crippen LogP contribution is 2.16. The maximum absolute atomic E-state index is 12.1. The molecule has 6 heteroatoms. The van der Waals surface area contributed by atoms with Gasteiger partial charge in [0.25, 0.3) is 10.1 Å². The molecule has 0 spiro atoms. The van der Waals surface area contributed by atoms with E-state index in [-0.39, 0.29) is 11.3 Å². The van der Waals surface area contributed by atoms with Crippen LogP contribution in [0.5, 0.6) is 0 Å². The third-order valence-electron chi connectivity index (χ3n) is 3.41. The van der Waals surface area contributed by atoms with Crippen LogP contribution in [-0.2, 0) is 25.5 Å². The molecule has 0 radical (unpaired) electrons. The van der Waals surface area contributed by atoms with Gasteiger partial charge in [-0.05, 0) is 31.0 Å². The number of carbonyl (C=O) groups is 1. The molecule has 0 aromatic heterocycles. The van der Waals surface area contributed by atoms with E-state index in [1.54, 1.807) is 36.4 Å². The summed E-state index contributed by atoms with van der Waals surface area (Å²) < 4.78 is 29.2. The van der Waals surface area contributed by atoms with Crippen molar-refractivity contribution >= 4 is 16.1 Å². The van der Waals surface area contributed by atoms with Gasteiger partial charge in [-0.25, -0.2) is 0 Å². The van der Waals surface area contributed by atoms with Gasteiger partial charge in [-0.1, -0.05) is 48.0 Å². The van der Waals surface area contributed by atoms with Crippen molar-refractivity contribution < 1.29 is 22.5 Å². The Bertz CT molecular complexity index is 751. The number of hydrogen-bond donors (Lipinski definition) is 1. The van der Waals surface area contributed by atoms with Gasteiger partial charge in [0, 0.05) is 0 Å². The normalized spacial score (nSPS) is 12.7. The summed E-state index contributed by atoms with van der Waals surface area (Å²) in [6, 6.07) is 15.2. The molecule has 2 rings (SSSR count). The van der Waals surface area contributed by atoms with Gasteiger partial charge >= 0.3 is 5.97 Å². The van der Waals surface area contributed by atoms with Gasteiger partial charge in [0.1, 0.15) is 0 Å². The van der Waals surface area contributed by atoms with Crippen LogP contribution < -0.4 is 0 Å². The first-order valence-corrected chi connectivity index (χ1v) is 8.52. The SMILES string of the molecule is Cc1ccc(S(=O)(=O)OCC(Cc2ccccc2)C(=O)O)cc1. The van der Waals surface area contributed by atoms with Crippen molar-refractivity contribution in [3.05, 3.63) is 65.7 Å². The van der Waals surface area contributed by atoms with E-state index >= 15 is 0 Å². The van der Waals surface area contributed by atoms with Crippen LogP contribution in [0, 0.1) is 12.8 Å². The fraction of sp³-hybridized carbons (Fsp3) is 0.235. The van der Waals surface area contributed by atoms with Gasteiger partial charge in [0.2, 0.25) is 0 Å². The molecule has 122 valence electrons. The number of carboxylic acids is 1. The van der Waals surface area contributed by atoms with E-state index in [1.165, 1.54) is 12.1 Å². The molecule has 1 N–H and O–H groups in total. The number of hydrogen-bond acceptors (Lipinski definition) is 4. The predicted molar refractivity (Wildman–Crippen MR) is 85.6 cm³/mol. The lowest BCUT2D eigenvalue weighted by molar-refractivity contribution is -0.142. The summed E-state index contributed by atoms with van der Waals surface area (Å²) in [6.07, 6.45) is 0.208. The van der Waals surface area contributed by atoms with Gasteiger partial charge < -0.3 is 5.11 Å². The van der Waals surface area contributed by atoms with Gasteiger partial charge in [-0.15, -0.1) is 0 Å². The molecular weight excluding hydrogens is 316 g/mol. The van der Waals surface area contributed by atoms with E-state index in [4.69, 9.17) is 4.18 Å². The molecule has 0 saturated carbocycles. The average molecular weight is 334 g/mol. The molecule has 0 aliphatic carbocycles. The zero-order valence-corrected chi connectivity index (χ0v) is 13.5. The summed E-state index contributed by atoms with van der Waals surface area (Å²) in [4.78, 5) is 11.3. The van der Waals surface area contributed by atoms with Crippen LogP contribution in [0.25, 0.3) is 0 Å². The highest BCUT2D eigenvalue weighted by molar-refractivity contribution is 7.86. The second-order valence-electron chi connectivity index (χ2n) is 5.28. The molecule has 0 saturated heterocycles. The minimum atomic E-state index is -3.96. The summed E-state index contributed by atoms with van der Waals surface area (Å²) in [5.74, 6) is -2.02. The third kappa shape index (κ3) is 4.91. The van der Waals surface area contributed by atoms with Crippen molar-refractivity contribution in [3.63, 3.8) is 0 Å². The Hall–Kier alpha value is -2.18. The number of aliphatic carboxylic acids is 1. The van der Waals surface area contributed by atoms with E-state index in [1.807, 2.05) is 13.0 Å². The van der Waals surface area contributed by atoms with E-state index in [0.717, 1.165) is 11.1 Å². The number of benzene rings is 2. The molecule has 1 atom stereocenters. The molecule has 0 heterocycles. The highest BCUT2D eigenvalue weighted by Gasteiger charge is 2.23. The van der Waals surface area contributed by atoms with Gasteiger partial charge in [0.15, 0.2) is 0 Å². The first kappa shape index (κ1) is 17.2. The van der Waals surface area contributed by atoms with E-state index in [2.05, 4.69) is 0 Å². The second kappa shape index (κ2) is 7.39. The van der Waals surface area contributed by atoms with Crippen molar-refractivity contribution in [1.29, 1.82) is 0 Å². The first-order valence-electron chi connectivity index (χ1n) is 7.11. The van der Waals surface area contributed by atoms with Crippen LogP contribution >= 0.6 is 0 Å². The van der Waals surface area contributed by atoms with Crippen molar-refractivity contribution in [2.24, 2.45) is 5.92 Å². The fourth-order valence-electron chi connectivity index (χ4n) is 2.06. The topological polar surface area (TPSA) is 80.7 Å². The number of aryl methyl sites for hydroxylation is 1. The van der Waals surface area contributed by atoms with Gasteiger partial charge in [-0.2, -0.15) is 8.42 Å². The standard InChI is InChI=1S/C17H18O5S/c1-13-7-9-16(10-8-13)23(20,21)22-12-15(17(18)19)11-14-5-3-2-4-6-14/h2-10,15H,11-12H2,1H3,(H,18,19). The van der Waals surface area contributed by atoms with Crippen LogP contribution in [0.2, 0.25) is 0 Å². The Balaban J connectivity index is 2.06. The summed E-state index contributed by atoms with van der Waals surface area (Å²) in [6.45, 7) is 1.44. The lowest BCUT2D eigenvalue weighted by Gasteiger charge is -2.13. The van der Waals surface area contributed by atoms with Crippen LogP contribution in [-0.4, -0.2) is 26.1 Å². The smallest absolute Gasteiger partial charge is 0.309 e. The maximum atomic E-state index is 12.1. The average Bonchev–Trinajstić information content (AvgIpc) is 2.52. The first-order chi connectivity index (χ1) is 10.9. The molecule has 2 aromatic carbocycles. The summed E-state index contributed by atoms with van der Waals surface area (Å²) in [5.41, 5.74) is 1.74. The summed E-state index contributed by atoms with van der Waals surface area (Å²) in [7, 11) is -3.96. The van der Waals surface area contributed by atoms with Crippen molar-refractivity contribution in [3.8, 4) is 0 Å². The quantitative estimate of drug-likeness (QED) is 0.787. The Morgan fingerprint density at radius 3 is 2.26 bits per heavy atom. The lowest BCUT2D eigenvalue weighted by atomic mass is 10.0. The molecule has 0 bridgehead atoms. The number of carboxylic acid groups (broad SMARTS) is 1. The van der Waals surface area contributed by atoms with Crippen molar-refractivity contribution in [2.75, 3.05) is 6.61 Å². The summed E-state index contributed by atoms with van der Waals surface area (Å²) >= 11 is 0. The second-order valence-corrected chi connectivity index (χ2v) is 6.89. The Labute approximate surface area is 135 Å². The van der Waals surface area contributed by atoms with Crippen molar-refractivity contribution in [2.45, 2.75) is 18.2 Å². The number of rotatable bonds is 7. The summed E-state index contributed by atoms with van der Waals surface area (Å²) in [5, 5.41) is 9.26. The molecule has 5 nitrogen and oxygen atoms in total. The van der Waals surface area contributed by atoms with E-state index < -0.39 is 28.6 Å². The molecule has 0 aliphatic rings. The molecule has 0 aliphatic heterocycles. The third-order valence-corrected chi connectivity index (χ3v) is 4.70. The predicted octanol–water partition coefficient (Wildman–Crippen LogP) is 2.64. The largest absolute Gasteiger partial charge is 0.481 e. The molecule has 2 aromatic rings. The van der Waals surface area contributed by atoms with Crippen LogP contribution in [0.3, 0.4) is 0 Å². The fourth-order valence-corrected chi connectivity index (χ4v) is 3.01. The van der Waals surface area contributed by atoms with Crippen LogP contribution in [0.4, 0.5) is 0 Å². The lowest BCUT2D eigenvalue weighted by Crippen LogP contribution is -2.24. The molecule has 0 fully saturated rings. The van der Waals surface area contributed by atoms with Crippen LogP contribution in [0.1, 0.15) is 11.1 Å².